The van der Waals surface area contributed by atoms with Gasteiger partial charge in [-0.05, 0) is 36.8 Å². The number of benzene rings is 1. The lowest BCUT2D eigenvalue weighted by molar-refractivity contribution is -0.118. The molecule has 1 aliphatic rings. The average molecular weight is 331 g/mol. The van der Waals surface area contributed by atoms with E-state index in [4.69, 9.17) is 15.6 Å². The number of anilines is 1. The minimum absolute atomic E-state index is 0.0922. The van der Waals surface area contributed by atoms with Crippen molar-refractivity contribution in [3.63, 3.8) is 0 Å². The quantitative estimate of drug-likeness (QED) is 0.644. The standard InChI is InChI=1S/C9H10N2O2.C7H7NO3/c10-4-6-1-2-8-7(3-6)11-9(12)5-13-8;1-4-2-3-5(7(10)11)6(9)8-4/h1-3H,4-5,10H2,(H,11,12);2-3H,1H3,(H,8,9)(H,10,11). The molecule has 0 radical (unpaired) electrons. The minimum Gasteiger partial charge on any atom is -0.482 e. The molecule has 0 saturated heterocycles. The van der Waals surface area contributed by atoms with Gasteiger partial charge in [-0.25, -0.2) is 4.79 Å². The minimum atomic E-state index is -1.20. The number of aromatic nitrogens is 1. The highest BCUT2D eigenvalue weighted by atomic mass is 16.5. The molecule has 2 heterocycles. The van der Waals surface area contributed by atoms with Crippen molar-refractivity contribution in [2.24, 2.45) is 5.73 Å². The van der Waals surface area contributed by atoms with Crippen molar-refractivity contribution in [3.05, 3.63) is 57.5 Å². The normalized spacial score (nSPS) is 12.2. The van der Waals surface area contributed by atoms with Crippen molar-refractivity contribution < 1.29 is 19.4 Å². The van der Waals surface area contributed by atoms with Crippen molar-refractivity contribution in [2.75, 3.05) is 11.9 Å². The van der Waals surface area contributed by atoms with Gasteiger partial charge in [-0.3, -0.25) is 9.59 Å². The van der Waals surface area contributed by atoms with Gasteiger partial charge in [0.1, 0.15) is 11.3 Å². The summed E-state index contributed by atoms with van der Waals surface area (Å²) >= 11 is 0. The molecule has 0 aliphatic carbocycles. The van der Waals surface area contributed by atoms with Crippen molar-refractivity contribution >= 4 is 17.6 Å². The molecular weight excluding hydrogens is 314 g/mol. The van der Waals surface area contributed by atoms with Gasteiger partial charge in [0, 0.05) is 12.2 Å². The van der Waals surface area contributed by atoms with Gasteiger partial charge in [0.15, 0.2) is 6.61 Å². The highest BCUT2D eigenvalue weighted by Crippen LogP contribution is 2.28. The van der Waals surface area contributed by atoms with E-state index >= 15 is 0 Å². The summed E-state index contributed by atoms with van der Waals surface area (Å²) in [5.41, 5.74) is 7.02. The predicted molar refractivity (Wildman–Crippen MR) is 87.2 cm³/mol. The number of ether oxygens (including phenoxy) is 1. The fourth-order valence-electron chi connectivity index (χ4n) is 2.00. The molecule has 5 N–H and O–H groups in total. The van der Waals surface area contributed by atoms with Crippen LogP contribution in [0.2, 0.25) is 0 Å². The van der Waals surface area contributed by atoms with Gasteiger partial charge in [0.05, 0.1) is 5.69 Å². The molecule has 8 nitrogen and oxygen atoms in total. The van der Waals surface area contributed by atoms with Gasteiger partial charge in [-0.15, -0.1) is 0 Å². The van der Waals surface area contributed by atoms with Gasteiger partial charge in [0.25, 0.3) is 11.5 Å². The number of amides is 1. The molecule has 2 aromatic rings. The third-order valence-electron chi connectivity index (χ3n) is 3.20. The summed E-state index contributed by atoms with van der Waals surface area (Å²) in [5.74, 6) is -0.621. The highest BCUT2D eigenvalue weighted by molar-refractivity contribution is 5.95. The van der Waals surface area contributed by atoms with Crippen molar-refractivity contribution in [3.8, 4) is 5.75 Å². The Morgan fingerprint density at radius 1 is 1.29 bits per heavy atom. The number of carbonyl (C=O) groups excluding carboxylic acids is 1. The van der Waals surface area contributed by atoms with E-state index in [0.29, 0.717) is 23.7 Å². The van der Waals surface area contributed by atoms with Crippen LogP contribution in [0.1, 0.15) is 21.6 Å². The number of aromatic carboxylic acids is 1. The molecule has 1 aromatic carbocycles. The van der Waals surface area contributed by atoms with Crippen LogP contribution >= 0.6 is 0 Å². The third-order valence-corrected chi connectivity index (χ3v) is 3.20. The summed E-state index contributed by atoms with van der Waals surface area (Å²) in [4.78, 5) is 34.5. The van der Waals surface area contributed by atoms with Gasteiger partial charge in [0.2, 0.25) is 0 Å². The summed E-state index contributed by atoms with van der Waals surface area (Å²) in [5, 5.41) is 11.2. The first kappa shape index (κ1) is 17.2. The van der Waals surface area contributed by atoms with Crippen LogP contribution in [0, 0.1) is 6.92 Å². The number of aromatic amines is 1. The summed E-state index contributed by atoms with van der Waals surface area (Å²) in [6, 6.07) is 8.36. The summed E-state index contributed by atoms with van der Waals surface area (Å²) in [7, 11) is 0. The van der Waals surface area contributed by atoms with Gasteiger partial charge < -0.3 is 25.9 Å². The molecule has 0 atom stereocenters. The first-order valence-corrected chi connectivity index (χ1v) is 7.09. The second-order valence-corrected chi connectivity index (χ2v) is 5.06. The van der Waals surface area contributed by atoms with Crippen LogP contribution in [0.4, 0.5) is 5.69 Å². The van der Waals surface area contributed by atoms with Crippen molar-refractivity contribution in [2.45, 2.75) is 13.5 Å². The Bertz CT molecular complexity index is 829. The van der Waals surface area contributed by atoms with Crippen molar-refractivity contribution in [1.29, 1.82) is 0 Å². The lowest BCUT2D eigenvalue weighted by Crippen LogP contribution is -2.25. The molecule has 24 heavy (non-hydrogen) atoms. The SMILES string of the molecule is Cc1ccc(C(=O)O)c(=O)[nH]1.NCc1ccc2c(c1)NC(=O)CO2. The fourth-order valence-corrected chi connectivity index (χ4v) is 2.00. The maximum atomic E-state index is 11.0. The molecule has 1 aliphatic heterocycles. The number of nitrogens with two attached hydrogens (primary N) is 1. The molecule has 8 heteroatoms. The van der Waals surface area contributed by atoms with Crippen LogP contribution in [-0.4, -0.2) is 28.6 Å². The van der Waals surface area contributed by atoms with E-state index in [9.17, 15) is 14.4 Å². The number of fused-ring (bicyclic) bond motifs is 1. The number of nitrogens with one attached hydrogen (secondary N) is 2. The number of hydrogen-bond donors (Lipinski definition) is 4. The highest BCUT2D eigenvalue weighted by Gasteiger charge is 2.15. The molecule has 0 bridgehead atoms. The van der Waals surface area contributed by atoms with Gasteiger partial charge in [-0.1, -0.05) is 6.07 Å². The number of carboxylic acid groups (broad SMARTS) is 1. The topological polar surface area (TPSA) is 135 Å². The number of hydrogen-bond acceptors (Lipinski definition) is 5. The molecule has 0 fully saturated rings. The Hall–Kier alpha value is -3.13. The number of pyridine rings is 1. The summed E-state index contributed by atoms with van der Waals surface area (Å²) in [6.07, 6.45) is 0. The molecular formula is C16H17N3O5. The summed E-state index contributed by atoms with van der Waals surface area (Å²) < 4.78 is 5.18. The third kappa shape index (κ3) is 4.20. The Labute approximate surface area is 137 Å². The summed E-state index contributed by atoms with van der Waals surface area (Å²) in [6.45, 7) is 2.24. The van der Waals surface area contributed by atoms with E-state index in [0.717, 1.165) is 5.56 Å². The fraction of sp³-hybridized carbons (Fsp3) is 0.188. The molecule has 0 spiro atoms. The molecule has 0 saturated carbocycles. The predicted octanol–water partition coefficient (Wildman–Crippen LogP) is 0.858. The van der Waals surface area contributed by atoms with Crippen LogP contribution in [0.3, 0.4) is 0 Å². The van der Waals surface area contributed by atoms with E-state index in [1.165, 1.54) is 6.07 Å². The van der Waals surface area contributed by atoms with Crippen LogP contribution in [0.25, 0.3) is 0 Å². The zero-order chi connectivity index (χ0) is 17.7. The Balaban J connectivity index is 0.000000177. The van der Waals surface area contributed by atoms with Crippen LogP contribution in [-0.2, 0) is 11.3 Å². The largest absolute Gasteiger partial charge is 0.482 e. The van der Waals surface area contributed by atoms with Crippen molar-refractivity contribution in [1.82, 2.24) is 4.98 Å². The smallest absolute Gasteiger partial charge is 0.341 e. The number of rotatable bonds is 2. The van der Waals surface area contributed by atoms with E-state index in [1.807, 2.05) is 18.2 Å². The van der Waals surface area contributed by atoms with E-state index in [1.54, 1.807) is 13.0 Å². The Morgan fingerprint density at radius 3 is 2.67 bits per heavy atom. The molecule has 126 valence electrons. The second kappa shape index (κ2) is 7.42. The molecule has 1 aromatic heterocycles. The Kier molecular flexibility index (Phi) is 5.33. The lowest BCUT2D eigenvalue weighted by atomic mass is 10.1. The molecule has 3 rings (SSSR count). The first-order chi connectivity index (χ1) is 11.4. The lowest BCUT2D eigenvalue weighted by Gasteiger charge is -2.18. The average Bonchev–Trinajstić information content (AvgIpc) is 2.54. The van der Waals surface area contributed by atoms with Crippen LogP contribution in [0.15, 0.2) is 35.1 Å². The zero-order valence-electron chi connectivity index (χ0n) is 13.0. The number of aryl methyl sites for hydroxylation is 1. The monoisotopic (exact) mass is 331 g/mol. The Morgan fingerprint density at radius 2 is 2.04 bits per heavy atom. The van der Waals surface area contributed by atoms with Gasteiger partial charge in [-0.2, -0.15) is 0 Å². The van der Waals surface area contributed by atoms with Crippen LogP contribution < -0.4 is 21.3 Å². The first-order valence-electron chi connectivity index (χ1n) is 7.09. The number of carbonyl (C=O) groups is 2. The molecule has 0 unspecified atom stereocenters. The number of H-pyrrole nitrogens is 1. The zero-order valence-corrected chi connectivity index (χ0v) is 13.0. The van der Waals surface area contributed by atoms with Crippen LogP contribution in [0.5, 0.6) is 5.75 Å². The van der Waals surface area contributed by atoms with E-state index in [2.05, 4.69) is 10.3 Å². The molecule has 1 amide bonds. The number of carboxylic acids is 1. The van der Waals surface area contributed by atoms with E-state index in [-0.39, 0.29) is 18.1 Å². The maximum Gasteiger partial charge on any atom is 0.341 e. The van der Waals surface area contributed by atoms with Gasteiger partial charge >= 0.3 is 5.97 Å². The second-order valence-electron chi connectivity index (χ2n) is 5.06. The maximum absolute atomic E-state index is 11.0. The van der Waals surface area contributed by atoms with E-state index < -0.39 is 11.5 Å².